The van der Waals surface area contributed by atoms with Crippen LogP contribution in [0, 0.1) is 0 Å². The highest BCUT2D eigenvalue weighted by Gasteiger charge is 2.61. The average Bonchev–Trinajstić information content (AvgIpc) is 3.32. The average molecular weight is 631 g/mol. The fourth-order valence-electron chi connectivity index (χ4n) is 6.79. The molecule has 44 heavy (non-hydrogen) atoms. The largest absolute Gasteiger partial charge is 0.389 e. The zero-order valence-electron chi connectivity index (χ0n) is 26.0. The van der Waals surface area contributed by atoms with Crippen LogP contribution in [0.2, 0.25) is 0 Å². The first-order valence-electron chi connectivity index (χ1n) is 15.4. The van der Waals surface area contributed by atoms with Crippen molar-refractivity contribution < 1.29 is 47.7 Å². The van der Waals surface area contributed by atoms with Gasteiger partial charge in [-0.25, -0.2) is 0 Å². The van der Waals surface area contributed by atoms with Gasteiger partial charge in [-0.15, -0.1) is 0 Å². The fraction of sp³-hybridized carbons (Fsp3) is 0.636. The molecule has 0 saturated carbocycles. The van der Waals surface area contributed by atoms with Gasteiger partial charge in [-0.2, -0.15) is 0 Å². The van der Waals surface area contributed by atoms with Crippen molar-refractivity contribution in [3.63, 3.8) is 0 Å². The van der Waals surface area contributed by atoms with Crippen molar-refractivity contribution in [2.45, 2.75) is 120 Å². The first kappa shape index (κ1) is 31.1. The lowest BCUT2D eigenvalue weighted by atomic mass is 9.97. The molecule has 0 aromatic heterocycles. The lowest BCUT2D eigenvalue weighted by Gasteiger charge is -2.53. The Kier molecular flexibility index (Phi) is 8.21. The number of hydrogen-bond acceptors (Lipinski definition) is 10. The highest BCUT2D eigenvalue weighted by atomic mass is 31.1. The maximum Gasteiger partial charge on any atom is 0.190 e. The summed E-state index contributed by atoms with van der Waals surface area (Å²) >= 11 is 0. The molecule has 11 heteroatoms. The third kappa shape index (κ3) is 6.00. The quantitative estimate of drug-likeness (QED) is 0.496. The number of aliphatic hydroxyl groups excluding tert-OH is 1. The van der Waals surface area contributed by atoms with Crippen molar-refractivity contribution in [1.82, 2.24) is 0 Å². The summed E-state index contributed by atoms with van der Waals surface area (Å²) in [7, 11) is -1.21. The van der Waals surface area contributed by atoms with E-state index in [1.807, 2.05) is 77.9 Å². The molecule has 240 valence electrons. The van der Waals surface area contributed by atoms with Crippen LogP contribution < -0.4 is 10.6 Å². The smallest absolute Gasteiger partial charge is 0.190 e. The van der Waals surface area contributed by atoms with Crippen molar-refractivity contribution >= 4 is 18.5 Å². The molecule has 0 bridgehead atoms. The van der Waals surface area contributed by atoms with E-state index in [-0.39, 0.29) is 0 Å². The van der Waals surface area contributed by atoms with E-state index in [2.05, 4.69) is 24.3 Å². The molecule has 0 aliphatic carbocycles. The van der Waals surface area contributed by atoms with Gasteiger partial charge in [-0.3, -0.25) is 0 Å². The molecular weight excluding hydrogens is 587 g/mol. The third-order valence-corrected chi connectivity index (χ3v) is 11.5. The van der Waals surface area contributed by atoms with Crippen molar-refractivity contribution in [3.8, 4) is 0 Å². The number of ether oxygens (including phenoxy) is 9. The summed E-state index contributed by atoms with van der Waals surface area (Å²) in [5, 5.41) is 14.4. The van der Waals surface area contributed by atoms with Gasteiger partial charge < -0.3 is 47.7 Å². The zero-order valence-corrected chi connectivity index (χ0v) is 26.9. The molecule has 0 unspecified atom stereocenters. The summed E-state index contributed by atoms with van der Waals surface area (Å²) in [5.41, 5.74) is -1.13. The van der Waals surface area contributed by atoms with E-state index in [1.54, 1.807) is 0 Å². The van der Waals surface area contributed by atoms with Crippen LogP contribution in [-0.2, 0) is 42.6 Å². The standard InChI is InChI=1S/C33H43O10P/c1-31(2)18-35-28-24(40-31)22(34)27(44(19-13-9-7-10-14-19)20-15-11-8-12-16-20)30(38-28)39-29-26-25(42-33(5,6)43-26)23-21(37-29)17-36-32(3,4)41-23/h7-16,21-30,34H,17-18H2,1-6H3/t21-,22-,23-,24+,25+,26-,27+,28+,29-,30-/m1/s1. The highest BCUT2D eigenvalue weighted by molar-refractivity contribution is 7.73. The number of rotatable bonds is 5. The van der Waals surface area contributed by atoms with Gasteiger partial charge in [0.05, 0.1) is 30.6 Å². The molecule has 2 aromatic rings. The Morgan fingerprint density at radius 3 is 1.98 bits per heavy atom. The van der Waals surface area contributed by atoms with Crippen LogP contribution in [-0.4, -0.2) is 96.6 Å². The topological polar surface area (TPSA) is 103 Å². The van der Waals surface area contributed by atoms with E-state index in [0.29, 0.717) is 13.2 Å². The van der Waals surface area contributed by atoms with Gasteiger partial charge in [0.25, 0.3) is 0 Å². The summed E-state index contributed by atoms with van der Waals surface area (Å²) in [6.07, 6.45) is -6.27. The predicted octanol–water partition coefficient (Wildman–Crippen LogP) is 3.14. The van der Waals surface area contributed by atoms with Crippen LogP contribution in [0.4, 0.5) is 0 Å². The molecule has 5 fully saturated rings. The Bertz CT molecular complexity index is 1250. The monoisotopic (exact) mass is 630 g/mol. The van der Waals surface area contributed by atoms with E-state index in [1.165, 1.54) is 0 Å². The summed E-state index contributed by atoms with van der Waals surface area (Å²) < 4.78 is 57.5. The molecule has 0 radical (unpaired) electrons. The van der Waals surface area contributed by atoms with Gasteiger partial charge in [0, 0.05) is 0 Å². The second-order valence-corrected chi connectivity index (χ2v) is 16.0. The minimum Gasteiger partial charge on any atom is -0.389 e. The normalized spacial score (nSPS) is 40.5. The molecular formula is C33H43O10P. The maximum absolute atomic E-state index is 12.2. The highest BCUT2D eigenvalue weighted by Crippen LogP contribution is 2.50. The minimum atomic E-state index is -1.21. The zero-order chi connectivity index (χ0) is 30.9. The Morgan fingerprint density at radius 2 is 1.32 bits per heavy atom. The summed E-state index contributed by atoms with van der Waals surface area (Å²) in [6.45, 7) is 12.0. The molecule has 2 aromatic carbocycles. The molecule has 1 N–H and O–H groups in total. The van der Waals surface area contributed by atoms with Crippen molar-refractivity contribution in [1.29, 1.82) is 0 Å². The summed E-state index contributed by atoms with van der Waals surface area (Å²) in [4.78, 5) is 0. The molecule has 0 amide bonds. The van der Waals surface area contributed by atoms with E-state index in [0.717, 1.165) is 10.6 Å². The molecule has 10 nitrogen and oxygen atoms in total. The summed E-state index contributed by atoms with van der Waals surface area (Å²) in [5.74, 6) is -1.67. The van der Waals surface area contributed by atoms with Crippen LogP contribution in [0.1, 0.15) is 41.5 Å². The molecule has 0 spiro atoms. The third-order valence-electron chi connectivity index (χ3n) is 8.63. The SMILES string of the molecule is CC1(C)CO[C@H]2O[C@H](O[C@H]3O[C@@H]4COC(C)(C)O[C@H]4[C@@H]4OC(C)(C)O[C@@H]34)[C@@H](P(c3ccccc3)c3ccccc3)[C@H](O)[C@@H]2O1. The van der Waals surface area contributed by atoms with Gasteiger partial charge in [0.15, 0.2) is 30.4 Å². The first-order valence-corrected chi connectivity index (χ1v) is 16.8. The molecule has 5 aliphatic heterocycles. The van der Waals surface area contributed by atoms with Crippen molar-refractivity contribution in [2.75, 3.05) is 13.2 Å². The van der Waals surface area contributed by atoms with Gasteiger partial charge in [-0.1, -0.05) is 60.7 Å². The van der Waals surface area contributed by atoms with Crippen LogP contribution in [0.25, 0.3) is 0 Å². The van der Waals surface area contributed by atoms with E-state index in [9.17, 15) is 5.11 Å². The Labute approximate surface area is 259 Å². The molecule has 5 heterocycles. The molecule has 5 saturated heterocycles. The molecule has 10 atom stereocenters. The van der Waals surface area contributed by atoms with E-state index >= 15 is 0 Å². The van der Waals surface area contributed by atoms with Crippen LogP contribution >= 0.6 is 7.92 Å². The Hall–Kier alpha value is -1.53. The van der Waals surface area contributed by atoms with E-state index < -0.39 is 86.2 Å². The van der Waals surface area contributed by atoms with Gasteiger partial charge in [0.1, 0.15) is 30.5 Å². The second kappa shape index (κ2) is 11.6. The fourth-order valence-corrected chi connectivity index (χ4v) is 9.62. The molecule has 7 rings (SSSR count). The summed E-state index contributed by atoms with van der Waals surface area (Å²) in [6, 6.07) is 20.4. The number of aliphatic hydroxyl groups is 1. The van der Waals surface area contributed by atoms with Gasteiger partial charge in [0.2, 0.25) is 0 Å². The number of benzene rings is 2. The Morgan fingerprint density at radius 1 is 0.705 bits per heavy atom. The van der Waals surface area contributed by atoms with Crippen LogP contribution in [0.3, 0.4) is 0 Å². The minimum absolute atomic E-state index is 0.305. The van der Waals surface area contributed by atoms with Crippen molar-refractivity contribution in [3.05, 3.63) is 60.7 Å². The first-order chi connectivity index (χ1) is 20.9. The molecule has 5 aliphatic rings. The van der Waals surface area contributed by atoms with E-state index in [4.69, 9.17) is 42.6 Å². The van der Waals surface area contributed by atoms with Crippen molar-refractivity contribution in [2.24, 2.45) is 0 Å². The number of hydrogen-bond donors (Lipinski definition) is 1. The van der Waals surface area contributed by atoms with Crippen LogP contribution in [0.15, 0.2) is 60.7 Å². The van der Waals surface area contributed by atoms with Gasteiger partial charge in [-0.05, 0) is 60.1 Å². The second-order valence-electron chi connectivity index (χ2n) is 13.6. The van der Waals surface area contributed by atoms with Crippen LogP contribution in [0.5, 0.6) is 0 Å². The lowest BCUT2D eigenvalue weighted by molar-refractivity contribution is -0.413. The number of fused-ring (bicyclic) bond motifs is 4. The Balaban J connectivity index is 1.26. The maximum atomic E-state index is 12.2. The predicted molar refractivity (Wildman–Crippen MR) is 161 cm³/mol. The van der Waals surface area contributed by atoms with Gasteiger partial charge >= 0.3 is 0 Å². The lowest BCUT2D eigenvalue weighted by Crippen LogP contribution is -2.67.